The second kappa shape index (κ2) is 10.4. The van der Waals surface area contributed by atoms with Crippen molar-refractivity contribution in [1.82, 2.24) is 9.62 Å². The summed E-state index contributed by atoms with van der Waals surface area (Å²) in [5, 5.41) is 0. The van der Waals surface area contributed by atoms with E-state index in [9.17, 15) is 18.0 Å². The third kappa shape index (κ3) is 6.28. The number of fused-ring (bicyclic) bond motifs is 1. The van der Waals surface area contributed by atoms with E-state index in [1.807, 2.05) is 31.2 Å². The van der Waals surface area contributed by atoms with Gasteiger partial charge in [0.1, 0.15) is 5.75 Å². The van der Waals surface area contributed by atoms with E-state index in [-0.39, 0.29) is 30.4 Å². The summed E-state index contributed by atoms with van der Waals surface area (Å²) in [5.74, 6) is -0.329. The SMILES string of the molecule is CCOc1ccc(S(=O)(=O)NCCC(=O)OCC(=O)N2CCc3ccccc3C2)cc1. The first-order valence-corrected chi connectivity index (χ1v) is 11.6. The highest BCUT2D eigenvalue weighted by molar-refractivity contribution is 7.89. The van der Waals surface area contributed by atoms with Crippen LogP contribution in [0.3, 0.4) is 0 Å². The quantitative estimate of drug-likeness (QED) is 0.590. The zero-order chi connectivity index (χ0) is 22.3. The van der Waals surface area contributed by atoms with Gasteiger partial charge in [-0.3, -0.25) is 9.59 Å². The number of nitrogens with zero attached hydrogens (tertiary/aromatic N) is 1. The van der Waals surface area contributed by atoms with Gasteiger partial charge in [0.2, 0.25) is 10.0 Å². The van der Waals surface area contributed by atoms with Crippen molar-refractivity contribution in [2.75, 3.05) is 26.3 Å². The van der Waals surface area contributed by atoms with E-state index in [1.165, 1.54) is 17.7 Å². The van der Waals surface area contributed by atoms with Crippen molar-refractivity contribution < 1.29 is 27.5 Å². The van der Waals surface area contributed by atoms with E-state index < -0.39 is 16.0 Å². The Morgan fingerprint density at radius 2 is 1.77 bits per heavy atom. The molecule has 3 rings (SSSR count). The number of ether oxygens (including phenoxy) is 2. The Balaban J connectivity index is 1.40. The van der Waals surface area contributed by atoms with Gasteiger partial charge < -0.3 is 14.4 Å². The van der Waals surface area contributed by atoms with Crippen molar-refractivity contribution in [1.29, 1.82) is 0 Å². The largest absolute Gasteiger partial charge is 0.494 e. The molecule has 0 bridgehead atoms. The molecule has 8 nitrogen and oxygen atoms in total. The molecule has 2 aromatic carbocycles. The van der Waals surface area contributed by atoms with Crippen LogP contribution in [0.2, 0.25) is 0 Å². The summed E-state index contributed by atoms with van der Waals surface area (Å²) in [4.78, 5) is 26.0. The Morgan fingerprint density at radius 1 is 1.06 bits per heavy atom. The maximum absolute atomic E-state index is 12.3. The number of hydrogen-bond donors (Lipinski definition) is 1. The second-order valence-corrected chi connectivity index (χ2v) is 8.81. The predicted octanol–water partition coefficient (Wildman–Crippen LogP) is 1.88. The van der Waals surface area contributed by atoms with Crippen molar-refractivity contribution in [2.45, 2.75) is 31.2 Å². The van der Waals surface area contributed by atoms with Gasteiger partial charge >= 0.3 is 5.97 Å². The lowest BCUT2D eigenvalue weighted by Gasteiger charge is -2.28. The maximum atomic E-state index is 12.3. The molecule has 0 radical (unpaired) electrons. The zero-order valence-corrected chi connectivity index (χ0v) is 18.2. The fraction of sp³-hybridized carbons (Fsp3) is 0.364. The molecule has 1 N–H and O–H groups in total. The molecule has 0 saturated heterocycles. The summed E-state index contributed by atoms with van der Waals surface area (Å²) in [6.45, 7) is 2.92. The molecule has 1 heterocycles. The first-order valence-electron chi connectivity index (χ1n) is 10.1. The highest BCUT2D eigenvalue weighted by atomic mass is 32.2. The molecule has 0 aromatic heterocycles. The minimum atomic E-state index is -3.75. The van der Waals surface area contributed by atoms with Crippen LogP contribution in [0.25, 0.3) is 0 Å². The molecule has 0 fully saturated rings. The first kappa shape index (κ1) is 22.8. The topological polar surface area (TPSA) is 102 Å². The number of carbonyl (C=O) groups excluding carboxylic acids is 2. The van der Waals surface area contributed by atoms with Crippen LogP contribution in [-0.2, 0) is 37.3 Å². The number of hydrogen-bond acceptors (Lipinski definition) is 6. The third-order valence-electron chi connectivity index (χ3n) is 4.91. The summed E-state index contributed by atoms with van der Waals surface area (Å²) in [7, 11) is -3.75. The summed E-state index contributed by atoms with van der Waals surface area (Å²) in [6, 6.07) is 13.9. The Hall–Kier alpha value is -2.91. The number of rotatable bonds is 9. The van der Waals surface area contributed by atoms with Gasteiger partial charge in [-0.2, -0.15) is 0 Å². The lowest BCUT2D eigenvalue weighted by molar-refractivity contribution is -0.152. The Morgan fingerprint density at radius 3 is 2.48 bits per heavy atom. The standard InChI is InChI=1S/C22H26N2O6S/c1-2-29-19-7-9-20(10-8-19)31(27,28)23-13-11-22(26)30-16-21(25)24-14-12-17-5-3-4-6-18(17)15-24/h3-10,23H,2,11-16H2,1H3. The molecule has 0 atom stereocenters. The molecule has 1 amide bonds. The Kier molecular flexibility index (Phi) is 7.64. The van der Waals surface area contributed by atoms with Gasteiger partial charge in [-0.05, 0) is 48.7 Å². The van der Waals surface area contributed by atoms with E-state index in [1.54, 1.807) is 17.0 Å². The smallest absolute Gasteiger partial charge is 0.307 e. The van der Waals surface area contributed by atoms with Crippen LogP contribution in [0, 0.1) is 0 Å². The van der Waals surface area contributed by atoms with Gasteiger partial charge in [0, 0.05) is 19.6 Å². The van der Waals surface area contributed by atoms with Gasteiger partial charge in [-0.1, -0.05) is 24.3 Å². The Labute approximate surface area is 182 Å². The fourth-order valence-electron chi connectivity index (χ4n) is 3.27. The summed E-state index contributed by atoms with van der Waals surface area (Å²) >= 11 is 0. The summed E-state index contributed by atoms with van der Waals surface area (Å²) in [5.41, 5.74) is 2.32. The van der Waals surface area contributed by atoms with Gasteiger partial charge in [-0.25, -0.2) is 13.1 Å². The molecule has 2 aromatic rings. The third-order valence-corrected chi connectivity index (χ3v) is 6.38. The van der Waals surface area contributed by atoms with E-state index in [0.29, 0.717) is 25.4 Å². The van der Waals surface area contributed by atoms with Gasteiger partial charge in [0.15, 0.2) is 6.61 Å². The van der Waals surface area contributed by atoms with Crippen molar-refractivity contribution in [2.24, 2.45) is 0 Å². The lowest BCUT2D eigenvalue weighted by atomic mass is 10.00. The van der Waals surface area contributed by atoms with E-state index >= 15 is 0 Å². The normalized spacial score (nSPS) is 13.4. The van der Waals surface area contributed by atoms with Gasteiger partial charge in [0.05, 0.1) is 17.9 Å². The number of nitrogens with one attached hydrogen (secondary N) is 1. The van der Waals surface area contributed by atoms with Gasteiger partial charge in [0.25, 0.3) is 5.91 Å². The minimum absolute atomic E-state index is 0.0740. The van der Waals surface area contributed by atoms with Crippen molar-refractivity contribution in [3.05, 3.63) is 59.7 Å². The molecule has 166 valence electrons. The van der Waals surface area contributed by atoms with Crippen LogP contribution in [0.4, 0.5) is 0 Å². The average Bonchev–Trinajstić information content (AvgIpc) is 2.77. The fourth-order valence-corrected chi connectivity index (χ4v) is 4.30. The number of benzene rings is 2. The first-order chi connectivity index (χ1) is 14.9. The number of amides is 1. The monoisotopic (exact) mass is 446 g/mol. The number of sulfonamides is 1. The summed E-state index contributed by atoms with van der Waals surface area (Å²) < 4.78 is 37.3. The summed E-state index contributed by atoms with van der Waals surface area (Å²) in [6.07, 6.45) is 0.593. The van der Waals surface area contributed by atoms with Crippen LogP contribution in [-0.4, -0.2) is 51.5 Å². The zero-order valence-electron chi connectivity index (χ0n) is 17.4. The van der Waals surface area contributed by atoms with Crippen molar-refractivity contribution in [3.63, 3.8) is 0 Å². The lowest BCUT2D eigenvalue weighted by Crippen LogP contribution is -2.38. The van der Waals surface area contributed by atoms with Crippen molar-refractivity contribution in [3.8, 4) is 5.75 Å². The molecule has 0 spiro atoms. The molecule has 0 unspecified atom stereocenters. The van der Waals surface area contributed by atoms with Crippen LogP contribution in [0.5, 0.6) is 5.75 Å². The van der Waals surface area contributed by atoms with Crippen LogP contribution in [0.1, 0.15) is 24.5 Å². The van der Waals surface area contributed by atoms with E-state index in [0.717, 1.165) is 12.0 Å². The molecule has 1 aliphatic heterocycles. The predicted molar refractivity (Wildman–Crippen MR) is 114 cm³/mol. The maximum Gasteiger partial charge on any atom is 0.307 e. The highest BCUT2D eigenvalue weighted by Gasteiger charge is 2.21. The van der Waals surface area contributed by atoms with E-state index in [2.05, 4.69) is 4.72 Å². The van der Waals surface area contributed by atoms with Crippen LogP contribution in [0.15, 0.2) is 53.4 Å². The molecule has 0 saturated carbocycles. The molecule has 31 heavy (non-hydrogen) atoms. The molecular weight excluding hydrogens is 420 g/mol. The molecular formula is C22H26N2O6S. The van der Waals surface area contributed by atoms with Crippen molar-refractivity contribution >= 4 is 21.9 Å². The highest BCUT2D eigenvalue weighted by Crippen LogP contribution is 2.18. The van der Waals surface area contributed by atoms with E-state index in [4.69, 9.17) is 9.47 Å². The average molecular weight is 447 g/mol. The molecule has 9 heteroatoms. The van der Waals surface area contributed by atoms with Crippen LogP contribution < -0.4 is 9.46 Å². The Bertz CT molecular complexity index is 1020. The number of carbonyl (C=O) groups is 2. The molecule has 0 aliphatic carbocycles. The number of esters is 1. The molecule has 1 aliphatic rings. The minimum Gasteiger partial charge on any atom is -0.494 e. The van der Waals surface area contributed by atoms with Gasteiger partial charge in [-0.15, -0.1) is 0 Å². The second-order valence-electron chi connectivity index (χ2n) is 7.05. The van der Waals surface area contributed by atoms with Crippen LogP contribution >= 0.6 is 0 Å².